The summed E-state index contributed by atoms with van der Waals surface area (Å²) in [5.74, 6) is 0. The minimum atomic E-state index is -4.74. The number of hydrogen-bond donors (Lipinski definition) is 1. The van der Waals surface area contributed by atoms with Crippen LogP contribution in [0.1, 0.15) is 5.56 Å². The molecule has 19 heavy (non-hydrogen) atoms. The molecule has 0 amide bonds. The fraction of sp³-hybridized carbons (Fsp3) is 0.222. The molecule has 0 aliphatic heterocycles. The standard InChI is InChI=1S/C9H6F3N3O3S/c1-19(18)8-13-7(17)5-2-4(9(10,11)12)3-6(16)15(5)14-8/h2-3H,1H3,(H,13,14,17). The van der Waals surface area contributed by atoms with Crippen molar-refractivity contribution in [3.05, 3.63) is 38.4 Å². The molecular formula is C9H6F3N3O3S. The van der Waals surface area contributed by atoms with Crippen molar-refractivity contribution in [1.29, 1.82) is 0 Å². The maximum Gasteiger partial charge on any atom is 0.416 e. The molecule has 0 saturated heterocycles. The van der Waals surface area contributed by atoms with Gasteiger partial charge in [-0.15, -0.1) is 5.10 Å². The first kappa shape index (κ1) is 13.5. The molecule has 1 N–H and O–H groups in total. The zero-order valence-electron chi connectivity index (χ0n) is 9.32. The predicted molar refractivity (Wildman–Crippen MR) is 59.4 cm³/mol. The number of aromatic nitrogens is 3. The molecule has 6 nitrogen and oxygen atoms in total. The van der Waals surface area contributed by atoms with Crippen LogP contribution in [-0.2, 0) is 17.0 Å². The lowest BCUT2D eigenvalue weighted by molar-refractivity contribution is -0.137. The number of nitrogens with zero attached hydrogens (tertiary/aromatic N) is 2. The van der Waals surface area contributed by atoms with Crippen molar-refractivity contribution in [1.82, 2.24) is 14.6 Å². The van der Waals surface area contributed by atoms with Gasteiger partial charge < -0.3 is 0 Å². The summed E-state index contributed by atoms with van der Waals surface area (Å²) >= 11 is 0. The summed E-state index contributed by atoms with van der Waals surface area (Å²) in [6.07, 6.45) is -3.54. The van der Waals surface area contributed by atoms with Crippen molar-refractivity contribution in [2.75, 3.05) is 6.26 Å². The van der Waals surface area contributed by atoms with Crippen LogP contribution in [0.15, 0.2) is 26.9 Å². The van der Waals surface area contributed by atoms with Crippen LogP contribution in [0.3, 0.4) is 0 Å². The van der Waals surface area contributed by atoms with Crippen molar-refractivity contribution >= 4 is 16.3 Å². The molecule has 2 rings (SSSR count). The molecule has 102 valence electrons. The fourth-order valence-corrected chi connectivity index (χ4v) is 1.83. The van der Waals surface area contributed by atoms with E-state index < -0.39 is 39.2 Å². The fourth-order valence-electron chi connectivity index (χ4n) is 1.40. The van der Waals surface area contributed by atoms with Crippen LogP contribution >= 0.6 is 0 Å². The van der Waals surface area contributed by atoms with Crippen LogP contribution in [0.5, 0.6) is 0 Å². The van der Waals surface area contributed by atoms with Gasteiger partial charge in [0.15, 0.2) is 0 Å². The Morgan fingerprint density at radius 2 is 1.95 bits per heavy atom. The molecule has 0 aliphatic carbocycles. The molecule has 0 spiro atoms. The molecule has 0 bridgehead atoms. The van der Waals surface area contributed by atoms with Gasteiger partial charge in [-0.05, 0) is 6.07 Å². The van der Waals surface area contributed by atoms with Gasteiger partial charge in [-0.25, -0.2) is 0 Å². The van der Waals surface area contributed by atoms with E-state index in [1.807, 2.05) is 0 Å². The van der Waals surface area contributed by atoms with Gasteiger partial charge >= 0.3 is 6.18 Å². The van der Waals surface area contributed by atoms with E-state index in [4.69, 9.17) is 0 Å². The Kier molecular flexibility index (Phi) is 3.04. The molecule has 2 aromatic heterocycles. The minimum absolute atomic E-state index is 0.292. The second kappa shape index (κ2) is 4.30. The number of fused-ring (bicyclic) bond motifs is 1. The maximum absolute atomic E-state index is 12.5. The van der Waals surface area contributed by atoms with Gasteiger partial charge in [0.25, 0.3) is 11.1 Å². The Bertz CT molecular complexity index is 793. The summed E-state index contributed by atoms with van der Waals surface area (Å²) in [6.45, 7) is 0. The smallest absolute Gasteiger partial charge is 0.296 e. The van der Waals surface area contributed by atoms with Gasteiger partial charge in [-0.1, -0.05) is 0 Å². The van der Waals surface area contributed by atoms with Crippen LogP contribution in [0.2, 0.25) is 0 Å². The highest BCUT2D eigenvalue weighted by atomic mass is 32.2. The maximum atomic E-state index is 12.5. The number of aromatic amines is 1. The first-order chi connectivity index (χ1) is 8.70. The molecule has 0 saturated carbocycles. The summed E-state index contributed by atoms with van der Waals surface area (Å²) in [7, 11) is -1.67. The van der Waals surface area contributed by atoms with E-state index in [0.29, 0.717) is 16.6 Å². The highest BCUT2D eigenvalue weighted by molar-refractivity contribution is 7.84. The van der Waals surface area contributed by atoms with Crippen molar-refractivity contribution in [3.63, 3.8) is 0 Å². The number of H-pyrrole nitrogens is 1. The topological polar surface area (TPSA) is 84.3 Å². The van der Waals surface area contributed by atoms with Crippen molar-refractivity contribution in [2.24, 2.45) is 0 Å². The van der Waals surface area contributed by atoms with E-state index in [-0.39, 0.29) is 5.16 Å². The third kappa shape index (κ3) is 2.43. The van der Waals surface area contributed by atoms with Crippen LogP contribution in [0.4, 0.5) is 13.2 Å². The third-order valence-electron chi connectivity index (χ3n) is 2.25. The number of hydrogen-bond acceptors (Lipinski definition) is 4. The van der Waals surface area contributed by atoms with Crippen molar-refractivity contribution in [2.45, 2.75) is 11.3 Å². The van der Waals surface area contributed by atoms with Crippen LogP contribution < -0.4 is 11.1 Å². The Morgan fingerprint density at radius 3 is 2.47 bits per heavy atom. The van der Waals surface area contributed by atoms with Crippen LogP contribution in [0.25, 0.3) is 5.52 Å². The molecule has 1 unspecified atom stereocenters. The summed E-state index contributed by atoms with van der Waals surface area (Å²) in [5, 5.41) is 3.25. The monoisotopic (exact) mass is 293 g/mol. The van der Waals surface area contributed by atoms with Crippen molar-refractivity contribution in [3.8, 4) is 0 Å². The average Bonchev–Trinajstić information content (AvgIpc) is 2.28. The van der Waals surface area contributed by atoms with Crippen LogP contribution in [0, 0.1) is 0 Å². The minimum Gasteiger partial charge on any atom is -0.296 e. The Balaban J connectivity index is 2.89. The van der Waals surface area contributed by atoms with Gasteiger partial charge in [-0.3, -0.25) is 18.8 Å². The van der Waals surface area contributed by atoms with Gasteiger partial charge in [-0.2, -0.15) is 17.7 Å². The van der Waals surface area contributed by atoms with Gasteiger partial charge in [0.2, 0.25) is 5.16 Å². The molecule has 0 aliphatic rings. The number of halogens is 3. The number of rotatable bonds is 1. The van der Waals surface area contributed by atoms with Crippen LogP contribution in [-0.4, -0.2) is 25.1 Å². The lowest BCUT2D eigenvalue weighted by atomic mass is 10.2. The highest BCUT2D eigenvalue weighted by Gasteiger charge is 2.32. The molecule has 2 heterocycles. The van der Waals surface area contributed by atoms with Crippen molar-refractivity contribution < 1.29 is 17.4 Å². The molecule has 10 heteroatoms. The van der Waals surface area contributed by atoms with E-state index in [0.717, 1.165) is 0 Å². The zero-order valence-corrected chi connectivity index (χ0v) is 10.1. The second-order valence-corrected chi connectivity index (χ2v) is 4.89. The highest BCUT2D eigenvalue weighted by Crippen LogP contribution is 2.28. The third-order valence-corrected chi connectivity index (χ3v) is 2.98. The molecule has 1 atom stereocenters. The summed E-state index contributed by atoms with van der Waals surface area (Å²) < 4.78 is 49.2. The predicted octanol–water partition coefficient (Wildman–Crippen LogP) is 0.139. The van der Waals surface area contributed by atoms with Gasteiger partial charge in [0.05, 0.1) is 16.4 Å². The van der Waals surface area contributed by atoms with Gasteiger partial charge in [0, 0.05) is 12.3 Å². The molecular weight excluding hydrogens is 287 g/mol. The molecule has 2 aromatic rings. The van der Waals surface area contributed by atoms with Gasteiger partial charge in [0.1, 0.15) is 5.52 Å². The second-order valence-electron chi connectivity index (χ2n) is 3.59. The Morgan fingerprint density at radius 1 is 1.32 bits per heavy atom. The lowest BCUT2D eigenvalue weighted by Crippen LogP contribution is -2.27. The summed E-state index contributed by atoms with van der Waals surface area (Å²) in [4.78, 5) is 25.2. The number of nitrogens with one attached hydrogen (secondary N) is 1. The first-order valence-corrected chi connectivity index (χ1v) is 6.34. The Labute approximate surface area is 105 Å². The van der Waals surface area contributed by atoms with E-state index >= 15 is 0 Å². The zero-order chi connectivity index (χ0) is 14.4. The quantitative estimate of drug-likeness (QED) is 0.810. The largest absolute Gasteiger partial charge is 0.416 e. The number of pyridine rings is 1. The normalized spacial score (nSPS) is 13.7. The van der Waals surface area contributed by atoms with E-state index in [1.165, 1.54) is 6.26 Å². The molecule has 0 fully saturated rings. The first-order valence-electron chi connectivity index (χ1n) is 4.78. The Hall–Kier alpha value is -1.97. The average molecular weight is 293 g/mol. The van der Waals surface area contributed by atoms with E-state index in [1.54, 1.807) is 0 Å². The lowest BCUT2D eigenvalue weighted by Gasteiger charge is -2.07. The summed E-state index contributed by atoms with van der Waals surface area (Å²) in [5.41, 5.74) is -3.89. The van der Waals surface area contributed by atoms with E-state index in [9.17, 15) is 27.0 Å². The SMILES string of the molecule is CS(=O)c1nn2c(=O)cc(C(F)(F)F)cc2c(=O)[nH]1. The molecule has 0 radical (unpaired) electrons. The van der Waals surface area contributed by atoms with E-state index in [2.05, 4.69) is 10.1 Å². The number of alkyl halides is 3. The molecule has 0 aromatic carbocycles. The summed E-state index contributed by atoms with van der Waals surface area (Å²) in [6, 6.07) is 0.831.